The van der Waals surface area contributed by atoms with Gasteiger partial charge in [-0.2, -0.15) is 0 Å². The molecule has 0 aliphatic rings. The number of methoxy groups -OCH3 is 1. The Hall–Kier alpha value is -0.610. The van der Waals surface area contributed by atoms with Gasteiger partial charge in [-0.3, -0.25) is 4.79 Å². The molecule has 0 aromatic rings. The van der Waals surface area contributed by atoms with Crippen LogP contribution in [0, 0.1) is 0 Å². The van der Waals surface area contributed by atoms with Crippen LogP contribution in [0.5, 0.6) is 0 Å². The van der Waals surface area contributed by atoms with Gasteiger partial charge < -0.3 is 14.6 Å². The topological polar surface area (TPSA) is 55.8 Å². The van der Waals surface area contributed by atoms with Gasteiger partial charge in [-0.1, -0.05) is 0 Å². The van der Waals surface area contributed by atoms with E-state index < -0.39 is 5.97 Å². The number of ether oxygens (including phenoxy) is 2. The van der Waals surface area contributed by atoms with E-state index in [1.807, 2.05) is 0 Å². The molecule has 0 rings (SSSR count). The highest BCUT2D eigenvalue weighted by Crippen LogP contribution is 1.95. The summed E-state index contributed by atoms with van der Waals surface area (Å²) in [7, 11) is 1.49. The second-order valence-corrected chi connectivity index (χ2v) is 1.98. The van der Waals surface area contributed by atoms with Gasteiger partial charge in [0.05, 0.1) is 12.5 Å². The molecular weight excluding hydrogens is 136 g/mol. The van der Waals surface area contributed by atoms with Crippen LogP contribution >= 0.6 is 0 Å². The van der Waals surface area contributed by atoms with Crippen molar-refractivity contribution in [2.75, 3.05) is 13.9 Å². The molecule has 10 heavy (non-hydrogen) atoms. The van der Waals surface area contributed by atoms with Crippen LogP contribution in [-0.4, -0.2) is 31.1 Å². The molecule has 0 spiro atoms. The van der Waals surface area contributed by atoms with E-state index >= 15 is 0 Å². The Morgan fingerprint density at radius 3 is 2.70 bits per heavy atom. The molecule has 0 saturated heterocycles. The Kier molecular flexibility index (Phi) is 4.88. The van der Waals surface area contributed by atoms with Crippen LogP contribution in [-0.2, 0) is 14.3 Å². The highest BCUT2D eigenvalue weighted by Gasteiger charge is 2.06. The van der Waals surface area contributed by atoms with E-state index in [1.165, 1.54) is 7.11 Å². The van der Waals surface area contributed by atoms with Gasteiger partial charge in [-0.25, -0.2) is 0 Å². The summed E-state index contributed by atoms with van der Waals surface area (Å²) in [6.45, 7) is 1.83. The number of hydrogen-bond acceptors (Lipinski definition) is 3. The lowest BCUT2D eigenvalue weighted by atomic mass is 10.3. The second-order valence-electron chi connectivity index (χ2n) is 1.98. The quantitative estimate of drug-likeness (QED) is 0.576. The molecule has 0 bridgehead atoms. The van der Waals surface area contributed by atoms with Gasteiger partial charge in [-0.15, -0.1) is 0 Å². The van der Waals surface area contributed by atoms with E-state index in [9.17, 15) is 4.79 Å². The lowest BCUT2D eigenvalue weighted by Gasteiger charge is -2.08. The average molecular weight is 148 g/mol. The van der Waals surface area contributed by atoms with Gasteiger partial charge in [0, 0.05) is 7.11 Å². The number of aliphatic carboxylic acids is 1. The largest absolute Gasteiger partial charge is 0.481 e. The third-order valence-corrected chi connectivity index (χ3v) is 0.932. The highest BCUT2D eigenvalue weighted by atomic mass is 16.7. The van der Waals surface area contributed by atoms with Gasteiger partial charge >= 0.3 is 5.97 Å². The molecule has 0 fully saturated rings. The van der Waals surface area contributed by atoms with E-state index in [1.54, 1.807) is 6.92 Å². The second kappa shape index (κ2) is 5.20. The molecule has 0 radical (unpaired) electrons. The van der Waals surface area contributed by atoms with Crippen LogP contribution in [0.4, 0.5) is 0 Å². The minimum absolute atomic E-state index is 0.0172. The van der Waals surface area contributed by atoms with Crippen molar-refractivity contribution in [3.63, 3.8) is 0 Å². The Bertz CT molecular complexity index is 102. The van der Waals surface area contributed by atoms with Crippen molar-refractivity contribution in [3.8, 4) is 0 Å². The molecule has 1 N–H and O–H groups in total. The molecule has 0 aliphatic carbocycles. The number of carboxylic acids is 1. The first-order valence-corrected chi connectivity index (χ1v) is 2.99. The Balaban J connectivity index is 3.25. The van der Waals surface area contributed by atoms with Crippen LogP contribution in [0.1, 0.15) is 13.3 Å². The first-order chi connectivity index (χ1) is 4.66. The number of carbonyl (C=O) groups is 1. The van der Waals surface area contributed by atoms with Crippen LogP contribution < -0.4 is 0 Å². The molecule has 0 aromatic heterocycles. The van der Waals surface area contributed by atoms with Crippen molar-refractivity contribution >= 4 is 5.97 Å². The van der Waals surface area contributed by atoms with Crippen molar-refractivity contribution in [2.24, 2.45) is 0 Å². The minimum Gasteiger partial charge on any atom is -0.481 e. The van der Waals surface area contributed by atoms with Crippen molar-refractivity contribution in [1.82, 2.24) is 0 Å². The molecule has 0 saturated carbocycles. The Morgan fingerprint density at radius 1 is 1.70 bits per heavy atom. The summed E-state index contributed by atoms with van der Waals surface area (Å²) >= 11 is 0. The molecule has 0 amide bonds. The summed E-state index contributed by atoms with van der Waals surface area (Å²) in [5.41, 5.74) is 0. The number of carboxylic acid groups (broad SMARTS) is 1. The molecule has 4 heteroatoms. The van der Waals surface area contributed by atoms with Crippen LogP contribution in [0.15, 0.2) is 0 Å². The monoisotopic (exact) mass is 148 g/mol. The molecule has 4 nitrogen and oxygen atoms in total. The molecule has 0 heterocycles. The number of rotatable bonds is 5. The fraction of sp³-hybridized carbons (Fsp3) is 0.833. The van der Waals surface area contributed by atoms with E-state index in [-0.39, 0.29) is 19.3 Å². The van der Waals surface area contributed by atoms with Gasteiger partial charge in [0.25, 0.3) is 0 Å². The van der Waals surface area contributed by atoms with E-state index in [4.69, 9.17) is 9.84 Å². The van der Waals surface area contributed by atoms with E-state index in [0.29, 0.717) is 0 Å². The molecular formula is C6H12O4. The smallest absolute Gasteiger partial charge is 0.305 e. The molecule has 0 aromatic carbocycles. The summed E-state index contributed by atoms with van der Waals surface area (Å²) < 4.78 is 9.48. The lowest BCUT2D eigenvalue weighted by Crippen LogP contribution is -2.14. The fourth-order valence-electron chi connectivity index (χ4n) is 0.489. The predicted octanol–water partition coefficient (Wildman–Crippen LogP) is 0.470. The van der Waals surface area contributed by atoms with Gasteiger partial charge in [0.15, 0.2) is 0 Å². The Labute approximate surface area is 59.7 Å². The van der Waals surface area contributed by atoms with Gasteiger partial charge in [0.1, 0.15) is 6.79 Å². The number of hydrogen-bond donors (Lipinski definition) is 1. The minimum atomic E-state index is -0.858. The maximum Gasteiger partial charge on any atom is 0.305 e. The van der Waals surface area contributed by atoms with Crippen LogP contribution in [0.2, 0.25) is 0 Å². The third-order valence-electron chi connectivity index (χ3n) is 0.932. The highest BCUT2D eigenvalue weighted by molar-refractivity contribution is 5.67. The standard InChI is InChI=1S/C6H12O4/c1-5(3-6(7)8)10-4-9-2/h5H,3-4H2,1-2H3,(H,7,8)/t5-/m0/s1. The summed E-state index contributed by atoms with van der Waals surface area (Å²) in [5, 5.41) is 8.26. The normalized spacial score (nSPS) is 13.0. The average Bonchev–Trinajstić information content (AvgIpc) is 1.82. The third kappa shape index (κ3) is 5.53. The van der Waals surface area contributed by atoms with E-state index in [0.717, 1.165) is 0 Å². The molecule has 1 atom stereocenters. The van der Waals surface area contributed by atoms with Gasteiger partial charge in [-0.05, 0) is 6.92 Å². The zero-order valence-corrected chi connectivity index (χ0v) is 6.16. The summed E-state index contributed by atoms with van der Waals surface area (Å²) in [6, 6.07) is 0. The first-order valence-electron chi connectivity index (χ1n) is 2.99. The zero-order valence-electron chi connectivity index (χ0n) is 6.16. The predicted molar refractivity (Wildman–Crippen MR) is 34.7 cm³/mol. The Morgan fingerprint density at radius 2 is 2.30 bits per heavy atom. The molecule has 0 unspecified atom stereocenters. The SMILES string of the molecule is COCO[C@@H](C)CC(=O)O. The molecule has 0 aliphatic heterocycles. The zero-order chi connectivity index (χ0) is 7.98. The maximum atomic E-state index is 10.1. The van der Waals surface area contributed by atoms with Gasteiger partial charge in [0.2, 0.25) is 0 Å². The summed E-state index contributed by atoms with van der Waals surface area (Å²) in [6.07, 6.45) is -0.263. The molecule has 60 valence electrons. The lowest BCUT2D eigenvalue weighted by molar-refractivity contribution is -0.142. The van der Waals surface area contributed by atoms with Crippen molar-refractivity contribution in [1.29, 1.82) is 0 Å². The summed E-state index contributed by atoms with van der Waals surface area (Å²) in [4.78, 5) is 10.1. The fourth-order valence-corrected chi connectivity index (χ4v) is 0.489. The first kappa shape index (κ1) is 9.39. The maximum absolute atomic E-state index is 10.1. The summed E-state index contributed by atoms with van der Waals surface area (Å²) in [5.74, 6) is -0.858. The van der Waals surface area contributed by atoms with Crippen molar-refractivity contribution < 1.29 is 19.4 Å². The van der Waals surface area contributed by atoms with Crippen molar-refractivity contribution in [3.05, 3.63) is 0 Å². The van der Waals surface area contributed by atoms with E-state index in [2.05, 4.69) is 4.74 Å². The van der Waals surface area contributed by atoms with Crippen molar-refractivity contribution in [2.45, 2.75) is 19.4 Å². The van der Waals surface area contributed by atoms with Crippen LogP contribution in [0.25, 0.3) is 0 Å². The van der Waals surface area contributed by atoms with Crippen LogP contribution in [0.3, 0.4) is 0 Å².